The number of nitrogens with one attached hydrogen (secondary N) is 1. The van der Waals surface area contributed by atoms with E-state index in [1.807, 2.05) is 36.7 Å². The highest BCUT2D eigenvalue weighted by molar-refractivity contribution is 7.17. The molecule has 0 aliphatic carbocycles. The van der Waals surface area contributed by atoms with Crippen molar-refractivity contribution in [3.8, 4) is 0 Å². The normalized spacial score (nSPS) is 12.6. The van der Waals surface area contributed by atoms with Crippen molar-refractivity contribution < 1.29 is 9.32 Å². The van der Waals surface area contributed by atoms with E-state index in [4.69, 9.17) is 4.52 Å². The van der Waals surface area contributed by atoms with Crippen LogP contribution in [0.2, 0.25) is 0 Å². The number of Topliss-reactive ketones (excluding diaryl/α,β-unsaturated/α-hetero) is 1. The largest absolute Gasteiger partial charge is 0.339 e. The van der Waals surface area contributed by atoms with Crippen LogP contribution < -0.4 is 5.32 Å². The minimum absolute atomic E-state index is 0.116. The van der Waals surface area contributed by atoms with Gasteiger partial charge in [0.25, 0.3) is 0 Å². The summed E-state index contributed by atoms with van der Waals surface area (Å²) < 4.78 is 6.36. The highest BCUT2D eigenvalue weighted by atomic mass is 32.1. The molecule has 0 radical (unpaired) electrons. The van der Waals surface area contributed by atoms with Crippen molar-refractivity contribution in [3.05, 3.63) is 46.9 Å². The molecule has 23 heavy (non-hydrogen) atoms. The molecule has 1 N–H and O–H groups in total. The molecule has 1 aromatic carbocycles. The van der Waals surface area contributed by atoms with Gasteiger partial charge < -0.3 is 9.84 Å². The molecule has 3 rings (SSSR count). The van der Waals surface area contributed by atoms with Crippen LogP contribution in [0.25, 0.3) is 10.1 Å². The second-order valence-electron chi connectivity index (χ2n) is 5.57. The Bertz CT molecular complexity index is 809. The molecule has 0 bridgehead atoms. The summed E-state index contributed by atoms with van der Waals surface area (Å²) in [4.78, 5) is 16.8. The predicted molar refractivity (Wildman–Crippen MR) is 91.0 cm³/mol. The molecule has 0 fully saturated rings. The summed E-state index contributed by atoms with van der Waals surface area (Å²) in [5.74, 6) is 1.32. The first kappa shape index (κ1) is 15.8. The summed E-state index contributed by atoms with van der Waals surface area (Å²) >= 11 is 1.60. The second kappa shape index (κ2) is 7.02. The molecule has 120 valence electrons. The zero-order valence-corrected chi connectivity index (χ0v) is 14.0. The Balaban J connectivity index is 1.63. The maximum absolute atomic E-state index is 12.4. The Labute approximate surface area is 138 Å². The van der Waals surface area contributed by atoms with Crippen LogP contribution in [0.3, 0.4) is 0 Å². The SMILES string of the molecule is CNC(C)Cc1noc(CCC(=O)c2csc3ccccc23)n1. The van der Waals surface area contributed by atoms with Gasteiger partial charge in [0.2, 0.25) is 5.89 Å². The van der Waals surface area contributed by atoms with Gasteiger partial charge in [0.15, 0.2) is 11.6 Å². The van der Waals surface area contributed by atoms with Gasteiger partial charge in [-0.05, 0) is 20.0 Å². The van der Waals surface area contributed by atoms with Crippen LogP contribution in [-0.2, 0) is 12.8 Å². The first-order valence-electron chi connectivity index (χ1n) is 7.65. The van der Waals surface area contributed by atoms with Crippen LogP contribution in [0.4, 0.5) is 0 Å². The topological polar surface area (TPSA) is 68.0 Å². The standard InChI is InChI=1S/C17H19N3O2S/c1-11(18-2)9-16-19-17(22-20-16)8-7-14(21)13-10-23-15-6-4-3-5-12(13)15/h3-6,10-11,18H,7-9H2,1-2H3. The lowest BCUT2D eigenvalue weighted by Crippen LogP contribution is -2.24. The third-order valence-electron chi connectivity index (χ3n) is 3.84. The number of ketones is 1. The lowest BCUT2D eigenvalue weighted by molar-refractivity contribution is 0.0981. The van der Waals surface area contributed by atoms with Crippen molar-refractivity contribution in [2.24, 2.45) is 0 Å². The first-order chi connectivity index (χ1) is 11.2. The fraction of sp³-hybridized carbons (Fsp3) is 0.353. The fourth-order valence-electron chi connectivity index (χ4n) is 2.40. The number of rotatable bonds is 7. The van der Waals surface area contributed by atoms with E-state index < -0.39 is 0 Å². The van der Waals surface area contributed by atoms with E-state index in [-0.39, 0.29) is 5.78 Å². The van der Waals surface area contributed by atoms with Gasteiger partial charge in [-0.3, -0.25) is 4.79 Å². The van der Waals surface area contributed by atoms with Gasteiger partial charge in [-0.1, -0.05) is 23.4 Å². The average Bonchev–Trinajstić information content (AvgIpc) is 3.19. The molecule has 0 saturated heterocycles. The molecule has 2 heterocycles. The minimum atomic E-state index is 0.116. The Hall–Kier alpha value is -2.05. The summed E-state index contributed by atoms with van der Waals surface area (Å²) in [5, 5.41) is 10.0. The molecule has 0 saturated carbocycles. The van der Waals surface area contributed by atoms with Crippen LogP contribution in [0.1, 0.15) is 35.4 Å². The highest BCUT2D eigenvalue weighted by Crippen LogP contribution is 2.26. The van der Waals surface area contributed by atoms with E-state index in [2.05, 4.69) is 22.4 Å². The van der Waals surface area contributed by atoms with Gasteiger partial charge in [-0.2, -0.15) is 4.98 Å². The lowest BCUT2D eigenvalue weighted by atomic mass is 10.1. The monoisotopic (exact) mass is 329 g/mol. The Kier molecular flexibility index (Phi) is 4.83. The molecule has 5 nitrogen and oxygen atoms in total. The van der Waals surface area contributed by atoms with Crippen LogP contribution >= 0.6 is 11.3 Å². The molecule has 0 aliphatic heterocycles. The van der Waals surface area contributed by atoms with Crippen LogP contribution in [0.15, 0.2) is 34.2 Å². The third-order valence-corrected chi connectivity index (χ3v) is 4.80. The lowest BCUT2D eigenvalue weighted by Gasteiger charge is -2.04. The van der Waals surface area contributed by atoms with Crippen molar-refractivity contribution in [1.82, 2.24) is 15.5 Å². The van der Waals surface area contributed by atoms with E-state index in [9.17, 15) is 4.79 Å². The Morgan fingerprint density at radius 1 is 1.39 bits per heavy atom. The van der Waals surface area contributed by atoms with Gasteiger partial charge in [-0.15, -0.1) is 11.3 Å². The van der Waals surface area contributed by atoms with Gasteiger partial charge in [0.05, 0.1) is 0 Å². The third kappa shape index (κ3) is 3.65. The predicted octanol–water partition coefficient (Wildman–Crippen LogP) is 3.25. The molecular weight excluding hydrogens is 310 g/mol. The van der Waals surface area contributed by atoms with Crippen molar-refractivity contribution in [2.75, 3.05) is 7.05 Å². The number of benzene rings is 1. The van der Waals surface area contributed by atoms with E-state index in [1.165, 1.54) is 0 Å². The van der Waals surface area contributed by atoms with Gasteiger partial charge in [0.1, 0.15) is 0 Å². The molecule has 1 atom stereocenters. The second-order valence-corrected chi connectivity index (χ2v) is 6.48. The molecule has 0 aliphatic rings. The number of aromatic nitrogens is 2. The quantitative estimate of drug-likeness (QED) is 0.674. The van der Waals surface area contributed by atoms with Gasteiger partial charge in [0, 0.05) is 46.3 Å². The Morgan fingerprint density at radius 3 is 3.04 bits per heavy atom. The molecule has 3 aromatic rings. The van der Waals surface area contributed by atoms with Crippen molar-refractivity contribution in [2.45, 2.75) is 32.2 Å². The molecule has 2 aromatic heterocycles. The summed E-state index contributed by atoms with van der Waals surface area (Å²) in [6, 6.07) is 8.25. The minimum Gasteiger partial charge on any atom is -0.339 e. The van der Waals surface area contributed by atoms with Crippen molar-refractivity contribution in [3.63, 3.8) is 0 Å². The smallest absolute Gasteiger partial charge is 0.227 e. The number of likely N-dealkylation sites (N-methyl/N-ethyl adjacent to an activating group) is 1. The number of nitrogens with zero attached hydrogens (tertiary/aromatic N) is 2. The number of thiophene rings is 1. The number of hydrogen-bond acceptors (Lipinski definition) is 6. The van der Waals surface area contributed by atoms with E-state index in [1.54, 1.807) is 11.3 Å². The van der Waals surface area contributed by atoms with Crippen LogP contribution in [-0.4, -0.2) is 29.0 Å². The molecule has 1 unspecified atom stereocenters. The van der Waals surface area contributed by atoms with Gasteiger partial charge in [-0.25, -0.2) is 0 Å². The molecule has 0 spiro atoms. The molecule has 6 heteroatoms. The van der Waals surface area contributed by atoms with Crippen LogP contribution in [0.5, 0.6) is 0 Å². The number of fused-ring (bicyclic) bond motifs is 1. The van der Waals surface area contributed by atoms with E-state index in [0.717, 1.165) is 15.6 Å². The first-order valence-corrected chi connectivity index (χ1v) is 8.53. The zero-order chi connectivity index (χ0) is 16.2. The number of hydrogen-bond donors (Lipinski definition) is 1. The average molecular weight is 329 g/mol. The maximum atomic E-state index is 12.4. The van der Waals surface area contributed by atoms with Gasteiger partial charge >= 0.3 is 0 Å². The summed E-state index contributed by atoms with van der Waals surface area (Å²) in [7, 11) is 1.90. The van der Waals surface area contributed by atoms with Crippen LogP contribution in [0, 0.1) is 0 Å². The zero-order valence-electron chi connectivity index (χ0n) is 13.2. The highest BCUT2D eigenvalue weighted by Gasteiger charge is 2.15. The van der Waals surface area contributed by atoms with Crippen molar-refractivity contribution >= 4 is 27.2 Å². The Morgan fingerprint density at radius 2 is 2.22 bits per heavy atom. The molecule has 0 amide bonds. The van der Waals surface area contributed by atoms with E-state index >= 15 is 0 Å². The summed E-state index contributed by atoms with van der Waals surface area (Å²) in [6.07, 6.45) is 1.57. The van der Waals surface area contributed by atoms with Crippen molar-refractivity contribution in [1.29, 1.82) is 0 Å². The summed E-state index contributed by atoms with van der Waals surface area (Å²) in [5.41, 5.74) is 0.786. The van der Waals surface area contributed by atoms with E-state index in [0.29, 0.717) is 37.0 Å². The maximum Gasteiger partial charge on any atom is 0.227 e. The fourth-order valence-corrected chi connectivity index (χ4v) is 3.36. The molecular formula is C17H19N3O2S. The summed E-state index contributed by atoms with van der Waals surface area (Å²) in [6.45, 7) is 2.06. The number of carbonyl (C=O) groups excluding carboxylic acids is 1. The number of aryl methyl sites for hydroxylation is 1. The number of carbonyl (C=O) groups is 1.